The van der Waals surface area contributed by atoms with Crippen molar-refractivity contribution >= 4 is 11.7 Å². The van der Waals surface area contributed by atoms with Gasteiger partial charge in [0, 0.05) is 11.3 Å². The maximum Gasteiger partial charge on any atom is 0.259 e. The number of methoxy groups -OCH3 is 1. The van der Waals surface area contributed by atoms with E-state index in [1.54, 1.807) is 25.1 Å². The number of carbonyl (C=O) groups excluding carboxylic acids is 1. The lowest BCUT2D eigenvalue weighted by atomic mass is 9.93. The molecule has 2 aromatic rings. The Morgan fingerprint density at radius 2 is 1.97 bits per heavy atom. The molecular formula is C21H22N4O5. The first-order valence-corrected chi connectivity index (χ1v) is 9.21. The quantitative estimate of drug-likeness (QED) is 0.533. The lowest BCUT2D eigenvalue weighted by molar-refractivity contribution is -0.525. The molecule has 3 rings (SSSR count). The molecule has 1 atom stereocenters. The minimum absolute atomic E-state index is 0.0455. The van der Waals surface area contributed by atoms with Crippen LogP contribution in [0.3, 0.4) is 0 Å². The molecule has 0 spiro atoms. The zero-order valence-electron chi connectivity index (χ0n) is 16.8. The Morgan fingerprint density at radius 3 is 2.60 bits per heavy atom. The fraction of sp³-hybridized carbons (Fsp3) is 0.238. The summed E-state index contributed by atoms with van der Waals surface area (Å²) in [5.41, 5.74) is 4.58. The first-order valence-electron chi connectivity index (χ1n) is 9.21. The fourth-order valence-corrected chi connectivity index (χ4v) is 3.23. The monoisotopic (exact) mass is 410 g/mol. The summed E-state index contributed by atoms with van der Waals surface area (Å²) in [6.45, 7) is 3.48. The van der Waals surface area contributed by atoms with Gasteiger partial charge >= 0.3 is 0 Å². The minimum Gasteiger partial charge on any atom is -0.493 e. The molecule has 1 aliphatic rings. The third-order valence-electron chi connectivity index (χ3n) is 4.56. The average molecular weight is 410 g/mol. The van der Waals surface area contributed by atoms with Crippen LogP contribution in [0.4, 0.5) is 0 Å². The Bertz CT molecular complexity index is 1020. The standard InChI is InChI=1S/C21H22N4O5/c1-13-19(14(2)26)20(23-21(22-13)24-25(27)28)16-9-10-17(18(11-16)29-3)30-12-15-7-5-4-6-8-15/h4-11,20H,12H2,1-3H3,(H2,22,23,24)/t20-/m0/s1. The van der Waals surface area contributed by atoms with Gasteiger partial charge in [0.15, 0.2) is 22.3 Å². The van der Waals surface area contributed by atoms with Crippen LogP contribution in [0, 0.1) is 10.1 Å². The second kappa shape index (κ2) is 9.08. The molecule has 0 radical (unpaired) electrons. The molecule has 2 N–H and O–H groups in total. The van der Waals surface area contributed by atoms with Crippen molar-refractivity contribution in [3.05, 3.63) is 81.0 Å². The SMILES string of the molecule is COc1cc([C@@H]2N=C(N[N+](=O)[O-])NC(C)=C2C(C)=O)ccc1OCc1ccccc1. The number of ketones is 1. The number of hydrazine groups is 1. The lowest BCUT2D eigenvalue weighted by Crippen LogP contribution is -2.43. The van der Waals surface area contributed by atoms with Crippen LogP contribution in [-0.4, -0.2) is 23.9 Å². The molecule has 1 heterocycles. The Labute approximate surface area is 173 Å². The highest BCUT2D eigenvalue weighted by Crippen LogP contribution is 2.36. The largest absolute Gasteiger partial charge is 0.493 e. The third-order valence-corrected chi connectivity index (χ3v) is 4.56. The number of benzene rings is 2. The van der Waals surface area contributed by atoms with E-state index in [4.69, 9.17) is 9.47 Å². The van der Waals surface area contributed by atoms with E-state index in [9.17, 15) is 14.9 Å². The highest BCUT2D eigenvalue weighted by Gasteiger charge is 2.29. The molecule has 0 saturated carbocycles. The van der Waals surface area contributed by atoms with E-state index in [-0.39, 0.29) is 11.7 Å². The van der Waals surface area contributed by atoms with Gasteiger partial charge in [0.25, 0.3) is 5.96 Å². The summed E-state index contributed by atoms with van der Waals surface area (Å²) in [5, 5.41) is 12.9. The number of Topliss-reactive ketones (excluding diaryl/α,β-unsaturated/α-hetero) is 1. The highest BCUT2D eigenvalue weighted by atomic mass is 16.7. The van der Waals surface area contributed by atoms with Crippen molar-refractivity contribution in [1.29, 1.82) is 0 Å². The number of allylic oxidation sites excluding steroid dienone is 1. The average Bonchev–Trinajstić information content (AvgIpc) is 2.71. The van der Waals surface area contributed by atoms with Crippen LogP contribution >= 0.6 is 0 Å². The molecule has 0 amide bonds. The van der Waals surface area contributed by atoms with Crippen LogP contribution in [0.5, 0.6) is 11.5 Å². The first-order chi connectivity index (χ1) is 14.4. The van der Waals surface area contributed by atoms with Crippen LogP contribution < -0.4 is 20.2 Å². The maximum atomic E-state index is 12.2. The molecule has 156 valence electrons. The predicted octanol–water partition coefficient (Wildman–Crippen LogP) is 2.92. The van der Waals surface area contributed by atoms with Gasteiger partial charge in [0.1, 0.15) is 12.6 Å². The van der Waals surface area contributed by atoms with Gasteiger partial charge in [-0.15, -0.1) is 0 Å². The van der Waals surface area contributed by atoms with E-state index in [0.717, 1.165) is 5.56 Å². The number of carbonyl (C=O) groups is 1. The topological polar surface area (TPSA) is 115 Å². The first kappa shape index (κ1) is 20.8. The Balaban J connectivity index is 1.92. The Morgan fingerprint density at radius 1 is 1.23 bits per heavy atom. The third kappa shape index (κ3) is 4.75. The molecule has 9 nitrogen and oxygen atoms in total. The highest BCUT2D eigenvalue weighted by molar-refractivity contribution is 5.98. The van der Waals surface area contributed by atoms with E-state index < -0.39 is 11.1 Å². The van der Waals surface area contributed by atoms with Crippen LogP contribution in [0.1, 0.15) is 31.0 Å². The number of aliphatic imine (C=N–C) groups is 1. The van der Waals surface area contributed by atoms with E-state index in [2.05, 4.69) is 10.3 Å². The van der Waals surface area contributed by atoms with Crippen LogP contribution in [0.2, 0.25) is 0 Å². The molecule has 1 aliphatic heterocycles. The molecular weight excluding hydrogens is 388 g/mol. The van der Waals surface area contributed by atoms with E-state index in [0.29, 0.717) is 34.9 Å². The van der Waals surface area contributed by atoms with Crippen molar-refractivity contribution in [2.24, 2.45) is 4.99 Å². The van der Waals surface area contributed by atoms with Gasteiger partial charge in [-0.1, -0.05) is 41.8 Å². The van der Waals surface area contributed by atoms with Crippen molar-refractivity contribution in [2.45, 2.75) is 26.5 Å². The number of hydrogen-bond donors (Lipinski definition) is 2. The molecule has 2 aromatic carbocycles. The van der Waals surface area contributed by atoms with Gasteiger partial charge in [0.2, 0.25) is 0 Å². The molecule has 9 heteroatoms. The van der Waals surface area contributed by atoms with Gasteiger partial charge in [-0.05, 0) is 37.1 Å². The number of nitro groups is 1. The molecule has 0 unspecified atom stereocenters. The lowest BCUT2D eigenvalue weighted by Gasteiger charge is -2.25. The van der Waals surface area contributed by atoms with Crippen molar-refractivity contribution in [3.8, 4) is 11.5 Å². The van der Waals surface area contributed by atoms with Gasteiger partial charge in [-0.25, -0.2) is 15.1 Å². The van der Waals surface area contributed by atoms with E-state index in [1.165, 1.54) is 14.0 Å². The van der Waals surface area contributed by atoms with Gasteiger partial charge in [0.05, 0.1) is 7.11 Å². The molecule has 0 aliphatic carbocycles. The summed E-state index contributed by atoms with van der Waals surface area (Å²) in [6, 6.07) is 14.2. The number of rotatable bonds is 7. The minimum atomic E-state index is -0.719. The summed E-state index contributed by atoms with van der Waals surface area (Å²) < 4.78 is 11.3. The number of guanidine groups is 1. The Hall–Kier alpha value is -3.88. The number of ether oxygens (including phenoxy) is 2. The molecule has 0 saturated heterocycles. The number of nitrogens with one attached hydrogen (secondary N) is 2. The van der Waals surface area contributed by atoms with Crippen LogP contribution in [0.25, 0.3) is 0 Å². The normalized spacial score (nSPS) is 15.7. The summed E-state index contributed by atoms with van der Waals surface area (Å²) in [4.78, 5) is 27.4. The fourth-order valence-electron chi connectivity index (χ4n) is 3.23. The van der Waals surface area contributed by atoms with Gasteiger partial charge < -0.3 is 14.8 Å². The number of hydrogen-bond acceptors (Lipinski definition) is 7. The van der Waals surface area contributed by atoms with Crippen LogP contribution in [0.15, 0.2) is 64.8 Å². The maximum absolute atomic E-state index is 12.2. The van der Waals surface area contributed by atoms with Crippen molar-refractivity contribution in [3.63, 3.8) is 0 Å². The van der Waals surface area contributed by atoms with Crippen LogP contribution in [-0.2, 0) is 11.4 Å². The van der Waals surface area contributed by atoms with Crippen molar-refractivity contribution in [2.75, 3.05) is 7.11 Å². The summed E-state index contributed by atoms with van der Waals surface area (Å²) in [5.74, 6) is 0.784. The number of nitrogens with zero attached hydrogens (tertiary/aromatic N) is 2. The second-order valence-electron chi connectivity index (χ2n) is 6.65. The molecule has 0 aromatic heterocycles. The van der Waals surface area contributed by atoms with Crippen molar-refractivity contribution in [1.82, 2.24) is 10.7 Å². The predicted molar refractivity (Wildman–Crippen MR) is 111 cm³/mol. The summed E-state index contributed by atoms with van der Waals surface area (Å²) in [7, 11) is 1.52. The van der Waals surface area contributed by atoms with Gasteiger partial charge in [-0.2, -0.15) is 0 Å². The second-order valence-corrected chi connectivity index (χ2v) is 6.65. The van der Waals surface area contributed by atoms with Crippen molar-refractivity contribution < 1.29 is 19.3 Å². The van der Waals surface area contributed by atoms with E-state index >= 15 is 0 Å². The molecule has 0 bridgehead atoms. The Kier molecular flexibility index (Phi) is 6.31. The smallest absolute Gasteiger partial charge is 0.259 e. The van der Waals surface area contributed by atoms with E-state index in [1.807, 2.05) is 35.8 Å². The molecule has 0 fully saturated rings. The molecule has 30 heavy (non-hydrogen) atoms. The summed E-state index contributed by atoms with van der Waals surface area (Å²) >= 11 is 0. The zero-order chi connectivity index (χ0) is 21.7. The summed E-state index contributed by atoms with van der Waals surface area (Å²) in [6.07, 6.45) is 0. The van der Waals surface area contributed by atoms with Gasteiger partial charge in [-0.3, -0.25) is 4.79 Å². The zero-order valence-corrected chi connectivity index (χ0v) is 16.8.